The number of carbonyl (C=O) groups excluding carboxylic acids is 1. The first-order valence-corrected chi connectivity index (χ1v) is 9.55. The molecular weight excluding hydrogens is 383 g/mol. The maximum Gasteiger partial charge on any atom is 0.311 e. The minimum Gasteiger partial charge on any atom is -0.481 e. The van der Waals surface area contributed by atoms with Crippen molar-refractivity contribution in [2.45, 2.75) is 13.3 Å². The van der Waals surface area contributed by atoms with Gasteiger partial charge in [-0.1, -0.05) is 6.07 Å². The van der Waals surface area contributed by atoms with E-state index in [1.165, 1.54) is 33.1 Å². The first-order chi connectivity index (χ1) is 13.4. The van der Waals surface area contributed by atoms with Crippen LogP contribution in [0.4, 0.5) is 4.39 Å². The van der Waals surface area contributed by atoms with Crippen LogP contribution in [0, 0.1) is 11.2 Å². The normalized spacial score (nSPS) is 19.1. The predicted molar refractivity (Wildman–Crippen MR) is 101 cm³/mol. The lowest BCUT2D eigenvalue weighted by Crippen LogP contribution is -2.35. The fraction of sp³-hybridized carbons (Fsp3) is 0.263. The zero-order valence-corrected chi connectivity index (χ0v) is 15.8. The van der Waals surface area contributed by atoms with Crippen LogP contribution in [-0.2, 0) is 4.79 Å². The van der Waals surface area contributed by atoms with Gasteiger partial charge in [-0.2, -0.15) is 0 Å². The van der Waals surface area contributed by atoms with Gasteiger partial charge in [-0.15, -0.1) is 16.4 Å². The Bertz CT molecular complexity index is 1030. The summed E-state index contributed by atoms with van der Waals surface area (Å²) in [5.74, 6) is -1.24. The van der Waals surface area contributed by atoms with Crippen LogP contribution in [-0.4, -0.2) is 49.7 Å². The van der Waals surface area contributed by atoms with Gasteiger partial charge in [0.2, 0.25) is 5.82 Å². The summed E-state index contributed by atoms with van der Waals surface area (Å²) < 4.78 is 14.8. The molecule has 0 spiro atoms. The summed E-state index contributed by atoms with van der Waals surface area (Å²) in [5.41, 5.74) is -0.390. The summed E-state index contributed by atoms with van der Waals surface area (Å²) in [6.07, 6.45) is 0.379. The number of halogens is 1. The highest BCUT2D eigenvalue weighted by Gasteiger charge is 2.43. The molecule has 0 radical (unpaired) electrons. The molecule has 9 heteroatoms. The number of hydrogen-bond acceptors (Lipinski definition) is 5. The number of aromatic nitrogens is 3. The molecule has 1 aliphatic heterocycles. The van der Waals surface area contributed by atoms with Crippen molar-refractivity contribution in [2.24, 2.45) is 5.41 Å². The van der Waals surface area contributed by atoms with Crippen molar-refractivity contribution in [3.63, 3.8) is 0 Å². The van der Waals surface area contributed by atoms with Gasteiger partial charge in [-0.05, 0) is 49.1 Å². The number of aliphatic carboxylic acids is 1. The third-order valence-corrected chi connectivity index (χ3v) is 5.75. The Morgan fingerprint density at radius 2 is 2.00 bits per heavy atom. The first-order valence-electron chi connectivity index (χ1n) is 8.67. The number of hydrogen-bond donors (Lipinski definition) is 1. The highest BCUT2D eigenvalue weighted by atomic mass is 32.1. The molecule has 1 amide bonds. The van der Waals surface area contributed by atoms with Gasteiger partial charge in [0.15, 0.2) is 5.82 Å². The summed E-state index contributed by atoms with van der Waals surface area (Å²) in [5, 5.41) is 15.6. The Kier molecular flexibility index (Phi) is 4.46. The molecule has 1 saturated heterocycles. The van der Waals surface area contributed by atoms with Gasteiger partial charge >= 0.3 is 5.97 Å². The van der Waals surface area contributed by atoms with Gasteiger partial charge in [-0.25, -0.2) is 14.1 Å². The lowest BCUT2D eigenvalue weighted by Gasteiger charge is -2.18. The van der Waals surface area contributed by atoms with Crippen molar-refractivity contribution in [3.8, 4) is 16.4 Å². The van der Waals surface area contributed by atoms with Crippen LogP contribution < -0.4 is 0 Å². The summed E-state index contributed by atoms with van der Waals surface area (Å²) in [7, 11) is 0. The fourth-order valence-corrected chi connectivity index (χ4v) is 3.88. The Labute approximate surface area is 164 Å². The Balaban J connectivity index is 1.71. The average Bonchev–Trinajstić information content (AvgIpc) is 3.41. The third-order valence-electron chi connectivity index (χ3n) is 4.89. The molecule has 7 nitrogen and oxygen atoms in total. The van der Waals surface area contributed by atoms with Gasteiger partial charge in [0, 0.05) is 13.1 Å². The quantitative estimate of drug-likeness (QED) is 0.727. The molecule has 0 aliphatic carbocycles. The second kappa shape index (κ2) is 6.83. The van der Waals surface area contributed by atoms with Crippen molar-refractivity contribution in [1.29, 1.82) is 0 Å². The first kappa shape index (κ1) is 18.3. The van der Waals surface area contributed by atoms with Crippen molar-refractivity contribution >= 4 is 23.2 Å². The topological polar surface area (TPSA) is 88.3 Å². The van der Waals surface area contributed by atoms with Crippen LogP contribution in [0.15, 0.2) is 41.8 Å². The Morgan fingerprint density at radius 3 is 2.61 bits per heavy atom. The highest BCUT2D eigenvalue weighted by molar-refractivity contribution is 7.13. The van der Waals surface area contributed by atoms with Gasteiger partial charge < -0.3 is 10.0 Å². The maximum absolute atomic E-state index is 13.3. The van der Waals surface area contributed by atoms with E-state index in [1.54, 1.807) is 19.1 Å². The molecular formula is C19H17FN4O3S. The number of thiophene rings is 1. The number of carboxylic acids is 1. The number of likely N-dealkylation sites (tertiary alicyclic amines) is 1. The van der Waals surface area contributed by atoms with Crippen molar-refractivity contribution in [2.75, 3.05) is 13.1 Å². The molecule has 1 aliphatic rings. The molecule has 1 atom stereocenters. The van der Waals surface area contributed by atoms with E-state index in [4.69, 9.17) is 0 Å². The SMILES string of the molecule is C[C@]1(C(=O)O)CCN(C(=O)c2nc(-c3cccs3)n(-c3ccc(F)cc3)n2)C1. The zero-order chi connectivity index (χ0) is 19.9. The van der Waals surface area contributed by atoms with E-state index in [-0.39, 0.29) is 18.2 Å². The van der Waals surface area contributed by atoms with Crippen LogP contribution in [0.1, 0.15) is 24.0 Å². The minimum atomic E-state index is -0.967. The number of benzene rings is 1. The van der Waals surface area contributed by atoms with Gasteiger partial charge in [0.05, 0.1) is 16.0 Å². The van der Waals surface area contributed by atoms with E-state index in [0.29, 0.717) is 24.5 Å². The molecule has 144 valence electrons. The van der Waals surface area contributed by atoms with Gasteiger partial charge in [0.1, 0.15) is 5.82 Å². The zero-order valence-electron chi connectivity index (χ0n) is 15.0. The molecule has 1 fully saturated rings. The smallest absolute Gasteiger partial charge is 0.311 e. The fourth-order valence-electron chi connectivity index (χ4n) is 3.18. The number of carboxylic acid groups (broad SMARTS) is 1. The lowest BCUT2D eigenvalue weighted by molar-refractivity contribution is -0.147. The largest absolute Gasteiger partial charge is 0.481 e. The van der Waals surface area contributed by atoms with Crippen molar-refractivity contribution in [1.82, 2.24) is 19.7 Å². The van der Waals surface area contributed by atoms with Crippen LogP contribution in [0.25, 0.3) is 16.4 Å². The molecule has 3 aromatic rings. The summed E-state index contributed by atoms with van der Waals surface area (Å²) >= 11 is 1.45. The van der Waals surface area contributed by atoms with Crippen molar-refractivity contribution in [3.05, 3.63) is 53.4 Å². The highest BCUT2D eigenvalue weighted by Crippen LogP contribution is 2.31. The summed E-state index contributed by atoms with van der Waals surface area (Å²) in [6, 6.07) is 9.48. The number of amides is 1. The van der Waals surface area contributed by atoms with Crippen LogP contribution >= 0.6 is 11.3 Å². The lowest BCUT2D eigenvalue weighted by atomic mass is 9.90. The second-order valence-corrected chi connectivity index (χ2v) is 7.91. The molecule has 4 rings (SSSR count). The van der Waals surface area contributed by atoms with Gasteiger partial charge in [0.25, 0.3) is 5.91 Å². The van der Waals surface area contributed by atoms with Gasteiger partial charge in [-0.3, -0.25) is 9.59 Å². The number of rotatable bonds is 4. The summed E-state index contributed by atoms with van der Waals surface area (Å²) in [6.45, 7) is 2.08. The monoisotopic (exact) mass is 400 g/mol. The predicted octanol–water partition coefficient (Wildman–Crippen LogP) is 3.07. The standard InChI is InChI=1S/C19H17FN4O3S/c1-19(18(26)27)8-9-23(11-19)17(25)15-21-16(14-3-2-10-28-14)24(22-15)13-6-4-12(20)5-7-13/h2-7,10H,8-9,11H2,1H3,(H,26,27)/t19-/m0/s1. The number of nitrogens with zero attached hydrogens (tertiary/aromatic N) is 4. The molecule has 1 N–H and O–H groups in total. The van der Waals surface area contributed by atoms with E-state index in [1.807, 2.05) is 17.5 Å². The summed E-state index contributed by atoms with van der Waals surface area (Å²) in [4.78, 5) is 31.1. The van der Waals surface area contributed by atoms with E-state index in [0.717, 1.165) is 4.88 Å². The van der Waals surface area contributed by atoms with E-state index in [2.05, 4.69) is 10.1 Å². The van der Waals surface area contributed by atoms with Crippen LogP contribution in [0.5, 0.6) is 0 Å². The Morgan fingerprint density at radius 1 is 1.25 bits per heavy atom. The molecule has 2 aromatic heterocycles. The maximum atomic E-state index is 13.3. The van der Waals surface area contributed by atoms with Crippen molar-refractivity contribution < 1.29 is 19.1 Å². The van der Waals surface area contributed by atoms with E-state index < -0.39 is 17.3 Å². The van der Waals surface area contributed by atoms with E-state index in [9.17, 15) is 19.1 Å². The molecule has 0 bridgehead atoms. The molecule has 3 heterocycles. The molecule has 0 unspecified atom stereocenters. The molecule has 1 aromatic carbocycles. The van der Waals surface area contributed by atoms with Crippen LogP contribution in [0.2, 0.25) is 0 Å². The molecule has 28 heavy (non-hydrogen) atoms. The Hall–Kier alpha value is -3.07. The van der Waals surface area contributed by atoms with Crippen LogP contribution in [0.3, 0.4) is 0 Å². The van der Waals surface area contributed by atoms with E-state index >= 15 is 0 Å². The minimum absolute atomic E-state index is 0.0117. The number of carbonyl (C=O) groups is 2. The average molecular weight is 400 g/mol. The molecule has 0 saturated carbocycles. The third kappa shape index (κ3) is 3.18. The second-order valence-electron chi connectivity index (χ2n) is 6.97.